The molecule has 17 heavy (non-hydrogen) atoms. The van der Waals surface area contributed by atoms with Crippen molar-refractivity contribution < 1.29 is 4.79 Å². The van der Waals surface area contributed by atoms with E-state index < -0.39 is 5.41 Å². The number of hydrogen-bond acceptors (Lipinski definition) is 4. The van der Waals surface area contributed by atoms with Gasteiger partial charge in [0.15, 0.2) is 5.78 Å². The Morgan fingerprint density at radius 3 is 2.53 bits per heavy atom. The molecule has 0 atom stereocenters. The smallest absolute Gasteiger partial charge is 0.189 e. The van der Waals surface area contributed by atoms with Crippen molar-refractivity contribution in [3.8, 4) is 0 Å². The van der Waals surface area contributed by atoms with Gasteiger partial charge in [-0.15, -0.1) is 14.8 Å². The molecule has 0 saturated heterocycles. The highest BCUT2D eigenvalue weighted by Crippen LogP contribution is 2.26. The van der Waals surface area contributed by atoms with Gasteiger partial charge in [-0.25, -0.2) is 0 Å². The second kappa shape index (κ2) is 3.76. The molecule has 0 amide bonds. The maximum Gasteiger partial charge on any atom is 0.189 e. The maximum atomic E-state index is 12.2. The van der Waals surface area contributed by atoms with Crippen molar-refractivity contribution in [1.82, 2.24) is 9.89 Å². The lowest BCUT2D eigenvalue weighted by atomic mass is 9.88. The van der Waals surface area contributed by atoms with E-state index in [1.54, 1.807) is 24.3 Å². The molecule has 0 fully saturated rings. The Hall–Kier alpha value is -2.04. The number of nitrogens with zero attached hydrogens (tertiary/aromatic N) is 3. The SMILES string of the molecule is CC(C)(C)C(=O)c1nn(N=O)c2ccccc12. The van der Waals surface area contributed by atoms with Crippen LogP contribution in [0.25, 0.3) is 10.9 Å². The van der Waals surface area contributed by atoms with Crippen LogP contribution >= 0.6 is 0 Å². The zero-order valence-electron chi connectivity index (χ0n) is 9.97. The van der Waals surface area contributed by atoms with E-state index in [2.05, 4.69) is 10.4 Å². The number of benzene rings is 1. The molecule has 88 valence electrons. The molecule has 0 bridgehead atoms. The molecule has 1 heterocycles. The molecular formula is C12H13N3O2. The van der Waals surface area contributed by atoms with Gasteiger partial charge in [0.25, 0.3) is 0 Å². The van der Waals surface area contributed by atoms with Crippen molar-refractivity contribution in [2.24, 2.45) is 10.7 Å². The summed E-state index contributed by atoms with van der Waals surface area (Å²) >= 11 is 0. The van der Waals surface area contributed by atoms with Crippen LogP contribution in [0.2, 0.25) is 0 Å². The fourth-order valence-electron chi connectivity index (χ4n) is 1.64. The van der Waals surface area contributed by atoms with Crippen LogP contribution in [-0.4, -0.2) is 15.7 Å². The first-order valence-electron chi connectivity index (χ1n) is 5.31. The summed E-state index contributed by atoms with van der Waals surface area (Å²) in [6.45, 7) is 5.45. The molecule has 1 aromatic heterocycles. The zero-order valence-corrected chi connectivity index (χ0v) is 9.97. The molecule has 0 aliphatic heterocycles. The first-order chi connectivity index (χ1) is 7.95. The average Bonchev–Trinajstić information content (AvgIpc) is 2.65. The van der Waals surface area contributed by atoms with Gasteiger partial charge in [-0.3, -0.25) is 4.79 Å². The minimum atomic E-state index is -0.537. The van der Waals surface area contributed by atoms with Crippen molar-refractivity contribution >= 4 is 16.7 Å². The lowest BCUT2D eigenvalue weighted by Gasteiger charge is -2.14. The first kappa shape index (κ1) is 11.4. The third-order valence-electron chi connectivity index (χ3n) is 2.54. The molecule has 0 spiro atoms. The Balaban J connectivity index is 2.71. The van der Waals surface area contributed by atoms with Gasteiger partial charge in [-0.1, -0.05) is 39.0 Å². The van der Waals surface area contributed by atoms with Gasteiger partial charge < -0.3 is 0 Å². The minimum Gasteiger partial charge on any atom is -0.292 e. The third kappa shape index (κ3) is 1.84. The summed E-state index contributed by atoms with van der Waals surface area (Å²) in [6.07, 6.45) is 0. The second-order valence-electron chi connectivity index (χ2n) is 4.92. The summed E-state index contributed by atoms with van der Waals surface area (Å²) in [7, 11) is 0. The molecule has 5 heteroatoms. The van der Waals surface area contributed by atoms with Crippen LogP contribution in [0, 0.1) is 10.3 Å². The van der Waals surface area contributed by atoms with Crippen molar-refractivity contribution in [3.63, 3.8) is 0 Å². The Kier molecular flexibility index (Phi) is 2.53. The number of fused-ring (bicyclic) bond motifs is 1. The van der Waals surface area contributed by atoms with E-state index in [9.17, 15) is 9.70 Å². The van der Waals surface area contributed by atoms with E-state index in [0.29, 0.717) is 16.6 Å². The van der Waals surface area contributed by atoms with Gasteiger partial charge in [-0.05, 0) is 6.07 Å². The molecule has 0 N–H and O–H groups in total. The molecule has 5 nitrogen and oxygen atoms in total. The molecule has 1 aromatic carbocycles. The fraction of sp³-hybridized carbons (Fsp3) is 0.333. The van der Waals surface area contributed by atoms with Crippen LogP contribution in [0.5, 0.6) is 0 Å². The Morgan fingerprint density at radius 2 is 1.94 bits per heavy atom. The van der Waals surface area contributed by atoms with Crippen molar-refractivity contribution in [1.29, 1.82) is 0 Å². The summed E-state index contributed by atoms with van der Waals surface area (Å²) < 4.78 is 0. The minimum absolute atomic E-state index is 0.101. The molecule has 0 radical (unpaired) electrons. The predicted molar refractivity (Wildman–Crippen MR) is 64.7 cm³/mol. The summed E-state index contributed by atoms with van der Waals surface area (Å²) in [5.41, 5.74) is 0.313. The number of ketones is 1. The van der Waals surface area contributed by atoms with Crippen LogP contribution in [-0.2, 0) is 0 Å². The average molecular weight is 231 g/mol. The van der Waals surface area contributed by atoms with E-state index in [4.69, 9.17) is 0 Å². The van der Waals surface area contributed by atoms with E-state index in [0.717, 1.165) is 4.79 Å². The van der Waals surface area contributed by atoms with Crippen molar-refractivity contribution in [2.75, 3.05) is 0 Å². The van der Waals surface area contributed by atoms with Gasteiger partial charge in [0.05, 0.1) is 10.8 Å². The number of Topliss-reactive ketones (excluding diaryl/α,β-unsaturated/α-hetero) is 1. The van der Waals surface area contributed by atoms with Crippen LogP contribution in [0.4, 0.5) is 0 Å². The summed E-state index contributed by atoms with van der Waals surface area (Å²) in [5.74, 6) is -0.101. The third-order valence-corrected chi connectivity index (χ3v) is 2.54. The van der Waals surface area contributed by atoms with Gasteiger partial charge in [0, 0.05) is 10.8 Å². The highest BCUT2D eigenvalue weighted by molar-refractivity contribution is 6.08. The number of para-hydroxylation sites is 1. The Morgan fingerprint density at radius 1 is 1.29 bits per heavy atom. The second-order valence-corrected chi connectivity index (χ2v) is 4.92. The van der Waals surface area contributed by atoms with Crippen LogP contribution in [0.3, 0.4) is 0 Å². The molecular weight excluding hydrogens is 218 g/mol. The zero-order chi connectivity index (χ0) is 12.6. The van der Waals surface area contributed by atoms with E-state index >= 15 is 0 Å². The lowest BCUT2D eigenvalue weighted by Crippen LogP contribution is -2.21. The first-order valence-corrected chi connectivity index (χ1v) is 5.31. The fourth-order valence-corrected chi connectivity index (χ4v) is 1.64. The lowest BCUT2D eigenvalue weighted by molar-refractivity contribution is 0.0854. The van der Waals surface area contributed by atoms with E-state index in [1.165, 1.54) is 0 Å². The largest absolute Gasteiger partial charge is 0.292 e. The highest BCUT2D eigenvalue weighted by Gasteiger charge is 2.27. The normalized spacial score (nSPS) is 11.7. The topological polar surface area (TPSA) is 64.3 Å². The van der Waals surface area contributed by atoms with Crippen LogP contribution in [0.15, 0.2) is 29.6 Å². The number of aromatic nitrogens is 2. The number of nitroso groups, excluding NO2 is 1. The summed E-state index contributed by atoms with van der Waals surface area (Å²) in [4.78, 5) is 23.8. The van der Waals surface area contributed by atoms with Gasteiger partial charge in [-0.2, -0.15) is 0 Å². The molecule has 0 saturated carbocycles. The molecule has 2 aromatic rings. The van der Waals surface area contributed by atoms with Gasteiger partial charge >= 0.3 is 0 Å². The monoisotopic (exact) mass is 231 g/mol. The molecule has 0 aliphatic rings. The number of rotatable bonds is 2. The molecule has 0 unspecified atom stereocenters. The highest BCUT2D eigenvalue weighted by atomic mass is 16.3. The summed E-state index contributed by atoms with van der Waals surface area (Å²) in [6, 6.07) is 7.06. The standard InChI is InChI=1S/C12H13N3O2/c1-12(2,3)11(16)10-8-6-4-5-7-9(8)15(13-10)14-17/h4-7H,1-3H3. The van der Waals surface area contributed by atoms with Crippen molar-refractivity contribution in [2.45, 2.75) is 20.8 Å². The van der Waals surface area contributed by atoms with Gasteiger partial charge in [0.2, 0.25) is 0 Å². The van der Waals surface area contributed by atoms with Crippen LogP contribution in [0.1, 0.15) is 31.3 Å². The van der Waals surface area contributed by atoms with E-state index in [1.807, 2.05) is 20.8 Å². The van der Waals surface area contributed by atoms with Crippen LogP contribution < -0.4 is 0 Å². The maximum absolute atomic E-state index is 12.2. The van der Waals surface area contributed by atoms with Gasteiger partial charge in [0.1, 0.15) is 5.69 Å². The predicted octanol–water partition coefficient (Wildman–Crippen LogP) is 2.79. The number of hydrogen-bond donors (Lipinski definition) is 0. The Bertz CT molecular complexity index is 593. The quantitative estimate of drug-likeness (QED) is 0.589. The number of carbonyl (C=O) groups is 1. The molecule has 0 aliphatic carbocycles. The Labute approximate surface area is 98.4 Å². The molecule has 2 rings (SSSR count). The van der Waals surface area contributed by atoms with Crippen molar-refractivity contribution in [3.05, 3.63) is 34.9 Å². The summed E-state index contributed by atoms with van der Waals surface area (Å²) in [5, 5.41) is 7.41. The van der Waals surface area contributed by atoms with E-state index in [-0.39, 0.29) is 5.78 Å². The number of carbonyl (C=O) groups excluding carboxylic acids is 1.